The fourth-order valence-corrected chi connectivity index (χ4v) is 3.40. The van der Waals surface area contributed by atoms with Gasteiger partial charge in [-0.05, 0) is 41.9 Å². The molecule has 1 saturated heterocycles. The SMILES string of the molecule is C[C@@H]1CN(CC(=O)Nc2cc3[nH]c(=O)[nH]c3cc2Br)C[C@H](C)O1. The Hall–Kier alpha value is -1.64. The van der Waals surface area contributed by atoms with Gasteiger partial charge in [0.1, 0.15) is 0 Å². The highest BCUT2D eigenvalue weighted by Gasteiger charge is 2.23. The Kier molecular flexibility index (Phi) is 4.56. The lowest BCUT2D eigenvalue weighted by Gasteiger charge is -2.34. The van der Waals surface area contributed by atoms with Gasteiger partial charge in [0, 0.05) is 17.6 Å². The number of hydrogen-bond acceptors (Lipinski definition) is 4. The fourth-order valence-electron chi connectivity index (χ4n) is 2.96. The van der Waals surface area contributed by atoms with E-state index in [-0.39, 0.29) is 23.8 Å². The summed E-state index contributed by atoms with van der Waals surface area (Å²) in [4.78, 5) is 31.1. The predicted molar refractivity (Wildman–Crippen MR) is 91.7 cm³/mol. The third kappa shape index (κ3) is 3.82. The number of nitrogens with one attached hydrogen (secondary N) is 3. The van der Waals surface area contributed by atoms with Crippen molar-refractivity contribution in [1.82, 2.24) is 14.9 Å². The van der Waals surface area contributed by atoms with Crippen molar-refractivity contribution in [2.24, 2.45) is 0 Å². The average molecular weight is 383 g/mol. The van der Waals surface area contributed by atoms with E-state index in [9.17, 15) is 9.59 Å². The van der Waals surface area contributed by atoms with Crippen LogP contribution in [0.5, 0.6) is 0 Å². The summed E-state index contributed by atoms with van der Waals surface area (Å²) in [6.45, 7) is 5.80. The Bertz CT molecular complexity index is 775. The molecular formula is C15H19BrN4O3. The molecule has 1 aromatic heterocycles. The van der Waals surface area contributed by atoms with Gasteiger partial charge in [-0.25, -0.2) is 4.79 Å². The zero-order valence-electron chi connectivity index (χ0n) is 13.0. The average Bonchev–Trinajstić information content (AvgIpc) is 2.76. The van der Waals surface area contributed by atoms with Gasteiger partial charge >= 0.3 is 5.69 Å². The molecule has 0 radical (unpaired) electrons. The second kappa shape index (κ2) is 6.46. The summed E-state index contributed by atoms with van der Waals surface area (Å²) >= 11 is 3.42. The van der Waals surface area contributed by atoms with E-state index in [4.69, 9.17) is 4.74 Å². The van der Waals surface area contributed by atoms with Crippen LogP contribution in [-0.2, 0) is 9.53 Å². The van der Waals surface area contributed by atoms with Crippen LogP contribution in [-0.4, -0.2) is 52.6 Å². The molecule has 0 saturated carbocycles. The predicted octanol–water partition coefficient (Wildman–Crippen LogP) is 1.67. The molecule has 7 nitrogen and oxygen atoms in total. The minimum Gasteiger partial charge on any atom is -0.373 e. The number of imidazole rings is 1. The Balaban J connectivity index is 1.70. The molecule has 2 heterocycles. The number of benzene rings is 1. The molecule has 1 fully saturated rings. The van der Waals surface area contributed by atoms with E-state index in [0.29, 0.717) is 23.3 Å². The number of halogens is 1. The summed E-state index contributed by atoms with van der Waals surface area (Å²) in [5.41, 5.74) is 1.71. The normalized spacial score (nSPS) is 22.4. The minimum absolute atomic E-state index is 0.0933. The molecule has 1 aliphatic rings. The number of amides is 1. The molecule has 3 rings (SSSR count). The third-order valence-corrected chi connectivity index (χ3v) is 4.40. The van der Waals surface area contributed by atoms with Crippen molar-refractivity contribution in [3.8, 4) is 0 Å². The molecule has 1 aromatic carbocycles. The number of hydrogen-bond donors (Lipinski definition) is 3. The molecule has 124 valence electrons. The number of carbonyl (C=O) groups excluding carboxylic acids is 1. The highest BCUT2D eigenvalue weighted by atomic mass is 79.9. The maximum Gasteiger partial charge on any atom is 0.323 e. The van der Waals surface area contributed by atoms with Crippen LogP contribution in [0.1, 0.15) is 13.8 Å². The van der Waals surface area contributed by atoms with E-state index in [0.717, 1.165) is 17.6 Å². The highest BCUT2D eigenvalue weighted by molar-refractivity contribution is 9.10. The van der Waals surface area contributed by atoms with Crippen LogP contribution in [0.15, 0.2) is 21.4 Å². The van der Waals surface area contributed by atoms with E-state index >= 15 is 0 Å². The number of aromatic amines is 2. The molecule has 2 atom stereocenters. The first-order valence-corrected chi connectivity index (χ1v) is 8.29. The van der Waals surface area contributed by atoms with Crippen LogP contribution in [0.4, 0.5) is 5.69 Å². The first-order valence-electron chi connectivity index (χ1n) is 7.50. The van der Waals surface area contributed by atoms with E-state index in [1.165, 1.54) is 0 Å². The molecule has 23 heavy (non-hydrogen) atoms. The van der Waals surface area contributed by atoms with Crippen LogP contribution in [0.3, 0.4) is 0 Å². The summed E-state index contributed by atoms with van der Waals surface area (Å²) in [7, 11) is 0. The van der Waals surface area contributed by atoms with Gasteiger partial charge in [0.25, 0.3) is 0 Å². The first-order chi connectivity index (χ1) is 10.9. The highest BCUT2D eigenvalue weighted by Crippen LogP contribution is 2.26. The van der Waals surface area contributed by atoms with Crippen molar-refractivity contribution >= 4 is 38.6 Å². The van der Waals surface area contributed by atoms with Gasteiger partial charge < -0.3 is 20.0 Å². The van der Waals surface area contributed by atoms with Crippen LogP contribution in [0.25, 0.3) is 11.0 Å². The van der Waals surface area contributed by atoms with Crippen molar-refractivity contribution in [2.75, 3.05) is 25.0 Å². The van der Waals surface area contributed by atoms with Crippen molar-refractivity contribution in [3.05, 3.63) is 27.1 Å². The number of anilines is 1. The molecule has 1 aliphatic heterocycles. The largest absolute Gasteiger partial charge is 0.373 e. The standard InChI is InChI=1S/C15H19BrN4O3/c1-8-5-20(6-9(2)23-8)7-14(21)17-11-4-13-12(3-10(11)16)18-15(22)19-13/h3-4,8-9H,5-7H2,1-2H3,(H,17,21)(H2,18,19,22)/t8-,9+. The van der Waals surface area contributed by atoms with Gasteiger partial charge in [-0.3, -0.25) is 9.69 Å². The quantitative estimate of drug-likeness (QED) is 0.752. The zero-order valence-corrected chi connectivity index (χ0v) is 14.6. The Morgan fingerprint density at radius 1 is 1.30 bits per heavy atom. The summed E-state index contributed by atoms with van der Waals surface area (Å²) in [6, 6.07) is 3.50. The maximum absolute atomic E-state index is 12.3. The van der Waals surface area contributed by atoms with Crippen LogP contribution < -0.4 is 11.0 Å². The molecule has 2 aromatic rings. The van der Waals surface area contributed by atoms with Crippen LogP contribution in [0, 0.1) is 0 Å². The van der Waals surface area contributed by atoms with Gasteiger partial charge in [0.2, 0.25) is 5.91 Å². The second-order valence-corrected chi connectivity index (χ2v) is 6.81. The van der Waals surface area contributed by atoms with Gasteiger partial charge in [0.15, 0.2) is 0 Å². The van der Waals surface area contributed by atoms with Crippen molar-refractivity contribution < 1.29 is 9.53 Å². The number of fused-ring (bicyclic) bond motifs is 1. The van der Waals surface area contributed by atoms with E-state index in [1.807, 2.05) is 13.8 Å². The molecule has 0 spiro atoms. The van der Waals surface area contributed by atoms with Crippen molar-refractivity contribution in [3.63, 3.8) is 0 Å². The van der Waals surface area contributed by atoms with Gasteiger partial charge in [-0.2, -0.15) is 0 Å². The molecule has 0 aliphatic carbocycles. The summed E-state index contributed by atoms with van der Waals surface area (Å²) in [5.74, 6) is -0.0933. The van der Waals surface area contributed by atoms with Crippen molar-refractivity contribution in [1.29, 1.82) is 0 Å². The topological polar surface area (TPSA) is 90.2 Å². The summed E-state index contributed by atoms with van der Waals surface area (Å²) in [6.07, 6.45) is 0.249. The number of carbonyl (C=O) groups is 1. The Labute approximate surface area is 141 Å². The lowest BCUT2D eigenvalue weighted by Crippen LogP contribution is -2.48. The molecule has 0 unspecified atom stereocenters. The van der Waals surface area contributed by atoms with Crippen molar-refractivity contribution in [2.45, 2.75) is 26.1 Å². The lowest BCUT2D eigenvalue weighted by molar-refractivity contribution is -0.121. The summed E-state index contributed by atoms with van der Waals surface area (Å²) in [5, 5.41) is 2.88. The minimum atomic E-state index is -0.272. The molecule has 3 N–H and O–H groups in total. The monoisotopic (exact) mass is 382 g/mol. The molecule has 1 amide bonds. The zero-order chi connectivity index (χ0) is 16.6. The first kappa shape index (κ1) is 16.2. The smallest absolute Gasteiger partial charge is 0.323 e. The Morgan fingerprint density at radius 3 is 2.57 bits per heavy atom. The molecular weight excluding hydrogens is 364 g/mol. The lowest BCUT2D eigenvalue weighted by atomic mass is 10.2. The van der Waals surface area contributed by atoms with Crippen LogP contribution >= 0.6 is 15.9 Å². The van der Waals surface area contributed by atoms with Gasteiger partial charge in [-0.15, -0.1) is 0 Å². The number of rotatable bonds is 3. The number of H-pyrrole nitrogens is 2. The molecule has 0 bridgehead atoms. The maximum atomic E-state index is 12.3. The van der Waals surface area contributed by atoms with Gasteiger partial charge in [-0.1, -0.05) is 0 Å². The van der Waals surface area contributed by atoms with Gasteiger partial charge in [0.05, 0.1) is 35.5 Å². The Morgan fingerprint density at radius 2 is 1.91 bits per heavy atom. The number of nitrogens with zero attached hydrogens (tertiary/aromatic N) is 1. The van der Waals surface area contributed by atoms with E-state index in [2.05, 4.69) is 36.1 Å². The third-order valence-electron chi connectivity index (χ3n) is 3.74. The number of morpholine rings is 1. The number of ether oxygens (including phenoxy) is 1. The second-order valence-electron chi connectivity index (χ2n) is 5.96. The van der Waals surface area contributed by atoms with Crippen LogP contribution in [0.2, 0.25) is 0 Å². The fraction of sp³-hybridized carbons (Fsp3) is 0.467. The number of aromatic nitrogens is 2. The van der Waals surface area contributed by atoms with E-state index < -0.39 is 0 Å². The van der Waals surface area contributed by atoms with E-state index in [1.54, 1.807) is 12.1 Å². The molecule has 8 heteroatoms. The summed E-state index contributed by atoms with van der Waals surface area (Å²) < 4.78 is 6.39.